The van der Waals surface area contributed by atoms with Gasteiger partial charge in [-0.3, -0.25) is 4.90 Å². The van der Waals surface area contributed by atoms with Gasteiger partial charge in [0.15, 0.2) is 0 Å². The van der Waals surface area contributed by atoms with E-state index in [0.29, 0.717) is 6.04 Å². The van der Waals surface area contributed by atoms with E-state index >= 15 is 0 Å². The first-order valence-electron chi connectivity index (χ1n) is 7.94. The average molecular weight is 279 g/mol. The Balaban J connectivity index is 1.64. The first kappa shape index (κ1) is 13.0. The van der Waals surface area contributed by atoms with E-state index in [1.807, 2.05) is 13.1 Å². The predicted molar refractivity (Wildman–Crippen MR) is 83.0 cm³/mol. The number of hydrogen-bond acceptors (Lipinski definition) is 3. The average Bonchev–Trinajstić information content (AvgIpc) is 2.53. The number of nitrogens with zero attached hydrogens (tertiary/aromatic N) is 3. The van der Waals surface area contributed by atoms with Crippen LogP contribution in [-0.2, 0) is 19.4 Å². The van der Waals surface area contributed by atoms with E-state index in [1.165, 1.54) is 36.1 Å². The Hall–Kier alpha value is -1.74. The summed E-state index contributed by atoms with van der Waals surface area (Å²) in [5.74, 6) is 0.889. The summed E-state index contributed by atoms with van der Waals surface area (Å²) >= 11 is 0. The Morgan fingerprint density at radius 1 is 1.14 bits per heavy atom. The zero-order chi connectivity index (χ0) is 14.2. The summed E-state index contributed by atoms with van der Waals surface area (Å²) in [7, 11) is 0. The molecular weight excluding hydrogens is 258 g/mol. The van der Waals surface area contributed by atoms with Crippen molar-refractivity contribution < 1.29 is 0 Å². The van der Waals surface area contributed by atoms with Gasteiger partial charge in [-0.05, 0) is 49.3 Å². The van der Waals surface area contributed by atoms with Crippen molar-refractivity contribution in [3.8, 4) is 0 Å². The molecule has 0 fully saturated rings. The van der Waals surface area contributed by atoms with Crippen molar-refractivity contribution in [1.29, 1.82) is 0 Å². The normalized spacial score (nSPS) is 21.7. The summed E-state index contributed by atoms with van der Waals surface area (Å²) in [6.07, 6.45) is 6.90. The van der Waals surface area contributed by atoms with E-state index < -0.39 is 0 Å². The Morgan fingerprint density at radius 2 is 2.05 bits per heavy atom. The van der Waals surface area contributed by atoms with Crippen LogP contribution in [0.4, 0.5) is 0 Å². The first-order chi connectivity index (χ1) is 10.3. The highest BCUT2D eigenvalue weighted by Gasteiger charge is 2.28. The minimum Gasteiger partial charge on any atom is -0.290 e. The van der Waals surface area contributed by atoms with Crippen LogP contribution >= 0.6 is 0 Å². The summed E-state index contributed by atoms with van der Waals surface area (Å²) in [6, 6.07) is 9.54. The fraction of sp³-hybridized carbons (Fsp3) is 0.444. The first-order valence-corrected chi connectivity index (χ1v) is 7.94. The van der Waals surface area contributed by atoms with Crippen LogP contribution in [-0.4, -0.2) is 21.4 Å². The molecule has 108 valence electrons. The van der Waals surface area contributed by atoms with E-state index in [2.05, 4.69) is 39.1 Å². The van der Waals surface area contributed by atoms with E-state index in [-0.39, 0.29) is 0 Å². The molecule has 21 heavy (non-hydrogen) atoms. The van der Waals surface area contributed by atoms with E-state index in [0.717, 1.165) is 25.3 Å². The molecule has 0 saturated carbocycles. The molecule has 0 bridgehead atoms. The predicted octanol–water partition coefficient (Wildman–Crippen LogP) is 3.22. The molecule has 0 saturated heterocycles. The van der Waals surface area contributed by atoms with Crippen LogP contribution in [0.3, 0.4) is 0 Å². The van der Waals surface area contributed by atoms with Gasteiger partial charge in [0.1, 0.15) is 5.82 Å². The van der Waals surface area contributed by atoms with Gasteiger partial charge in [-0.1, -0.05) is 24.3 Å². The maximum Gasteiger partial charge on any atom is 0.125 e. The van der Waals surface area contributed by atoms with Crippen molar-refractivity contribution >= 4 is 0 Å². The number of benzene rings is 1. The monoisotopic (exact) mass is 279 g/mol. The van der Waals surface area contributed by atoms with Crippen LogP contribution in [0.5, 0.6) is 0 Å². The molecular formula is C18H21N3. The molecule has 3 heteroatoms. The zero-order valence-corrected chi connectivity index (χ0v) is 12.5. The van der Waals surface area contributed by atoms with Crippen LogP contribution in [0.15, 0.2) is 30.5 Å². The smallest absolute Gasteiger partial charge is 0.125 e. The molecule has 0 unspecified atom stereocenters. The highest BCUT2D eigenvalue weighted by atomic mass is 15.2. The fourth-order valence-corrected chi connectivity index (χ4v) is 3.80. The molecule has 4 rings (SSSR count). The molecule has 1 aromatic heterocycles. The van der Waals surface area contributed by atoms with Gasteiger partial charge in [-0.15, -0.1) is 0 Å². The highest BCUT2D eigenvalue weighted by Crippen LogP contribution is 2.36. The van der Waals surface area contributed by atoms with Crippen LogP contribution in [0.1, 0.15) is 47.1 Å². The molecule has 1 aliphatic carbocycles. The Morgan fingerprint density at radius 3 is 3.00 bits per heavy atom. The molecule has 0 spiro atoms. The van der Waals surface area contributed by atoms with Crippen LogP contribution in [0.25, 0.3) is 0 Å². The van der Waals surface area contributed by atoms with Gasteiger partial charge in [0.2, 0.25) is 0 Å². The molecule has 0 amide bonds. The van der Waals surface area contributed by atoms with Crippen molar-refractivity contribution in [3.63, 3.8) is 0 Å². The fourth-order valence-electron chi connectivity index (χ4n) is 3.80. The number of fused-ring (bicyclic) bond motifs is 2. The van der Waals surface area contributed by atoms with E-state index in [1.54, 1.807) is 5.56 Å². The summed E-state index contributed by atoms with van der Waals surface area (Å²) < 4.78 is 0. The second-order valence-electron chi connectivity index (χ2n) is 6.22. The number of rotatable bonds is 1. The van der Waals surface area contributed by atoms with Crippen LogP contribution in [0, 0.1) is 6.92 Å². The van der Waals surface area contributed by atoms with Gasteiger partial charge in [-0.2, -0.15) is 0 Å². The standard InChI is InChI=1S/C18H21N3/c1-13-19-11-15-9-10-21(12-17(15)20-13)18-8-4-6-14-5-2-3-7-16(14)18/h2-3,5,7,11,18H,4,6,8-10,12H2,1H3/t18-/m0/s1. The van der Waals surface area contributed by atoms with Gasteiger partial charge in [-0.25, -0.2) is 9.97 Å². The molecule has 1 atom stereocenters. The van der Waals surface area contributed by atoms with Gasteiger partial charge >= 0.3 is 0 Å². The third kappa shape index (κ3) is 2.36. The van der Waals surface area contributed by atoms with Gasteiger partial charge < -0.3 is 0 Å². The largest absolute Gasteiger partial charge is 0.290 e. The Kier molecular flexibility index (Phi) is 3.23. The van der Waals surface area contributed by atoms with Crippen LogP contribution < -0.4 is 0 Å². The molecule has 2 aromatic rings. The molecule has 2 heterocycles. The summed E-state index contributed by atoms with van der Waals surface area (Å²) in [4.78, 5) is 11.6. The van der Waals surface area contributed by atoms with Crippen molar-refractivity contribution in [1.82, 2.24) is 14.9 Å². The third-order valence-electron chi connectivity index (χ3n) is 4.87. The van der Waals surface area contributed by atoms with Gasteiger partial charge in [0.05, 0.1) is 5.69 Å². The minimum atomic E-state index is 0.568. The summed E-state index contributed by atoms with van der Waals surface area (Å²) in [6.45, 7) is 4.07. The molecule has 2 aliphatic rings. The second kappa shape index (κ2) is 5.23. The SMILES string of the molecule is Cc1ncc2c(n1)CN([C@H]1CCCc3ccccc31)CC2. The number of aromatic nitrogens is 2. The quantitative estimate of drug-likeness (QED) is 0.802. The topological polar surface area (TPSA) is 29.0 Å². The minimum absolute atomic E-state index is 0.568. The highest BCUT2D eigenvalue weighted by molar-refractivity contribution is 5.33. The van der Waals surface area contributed by atoms with Crippen molar-refractivity contribution in [2.75, 3.05) is 6.54 Å². The molecule has 1 aromatic carbocycles. The van der Waals surface area contributed by atoms with Gasteiger partial charge in [0.25, 0.3) is 0 Å². The summed E-state index contributed by atoms with van der Waals surface area (Å²) in [5, 5.41) is 0. The molecule has 0 N–H and O–H groups in total. The van der Waals surface area contributed by atoms with Crippen molar-refractivity contribution in [2.45, 2.75) is 45.2 Å². The lowest BCUT2D eigenvalue weighted by molar-refractivity contribution is 0.159. The summed E-state index contributed by atoms with van der Waals surface area (Å²) in [5.41, 5.74) is 5.65. The Bertz CT molecular complexity index is 665. The van der Waals surface area contributed by atoms with Gasteiger partial charge in [0, 0.05) is 25.3 Å². The maximum atomic E-state index is 4.66. The number of aryl methyl sites for hydroxylation is 2. The maximum absolute atomic E-state index is 4.66. The van der Waals surface area contributed by atoms with E-state index in [4.69, 9.17) is 0 Å². The molecule has 3 nitrogen and oxygen atoms in total. The van der Waals surface area contributed by atoms with Crippen LogP contribution in [0.2, 0.25) is 0 Å². The third-order valence-corrected chi connectivity index (χ3v) is 4.87. The molecule has 1 aliphatic heterocycles. The second-order valence-corrected chi connectivity index (χ2v) is 6.22. The van der Waals surface area contributed by atoms with E-state index in [9.17, 15) is 0 Å². The van der Waals surface area contributed by atoms with Crippen molar-refractivity contribution in [3.05, 3.63) is 58.7 Å². The lowest BCUT2D eigenvalue weighted by Crippen LogP contribution is -2.36. The Labute approximate surface area is 126 Å². The lowest BCUT2D eigenvalue weighted by atomic mass is 9.86. The number of hydrogen-bond donors (Lipinski definition) is 0. The zero-order valence-electron chi connectivity index (χ0n) is 12.5. The lowest BCUT2D eigenvalue weighted by Gasteiger charge is -2.38. The van der Waals surface area contributed by atoms with Crippen molar-refractivity contribution in [2.24, 2.45) is 0 Å². The molecule has 0 radical (unpaired) electrons.